The van der Waals surface area contributed by atoms with Gasteiger partial charge in [-0.25, -0.2) is 0 Å². The van der Waals surface area contributed by atoms with Crippen molar-refractivity contribution in [2.45, 2.75) is 12.5 Å². The van der Waals surface area contributed by atoms with Crippen LogP contribution >= 0.6 is 0 Å². The zero-order valence-corrected chi connectivity index (χ0v) is 14.4. The summed E-state index contributed by atoms with van der Waals surface area (Å²) in [6, 6.07) is 27.3. The van der Waals surface area contributed by atoms with Crippen molar-refractivity contribution in [3.05, 3.63) is 102 Å². The van der Waals surface area contributed by atoms with Crippen molar-refractivity contribution in [1.29, 1.82) is 0 Å². The Morgan fingerprint density at radius 3 is 2.35 bits per heavy atom. The van der Waals surface area contributed by atoms with E-state index >= 15 is 0 Å². The van der Waals surface area contributed by atoms with Crippen molar-refractivity contribution in [2.75, 3.05) is 5.32 Å². The lowest BCUT2D eigenvalue weighted by Gasteiger charge is -2.18. The molecule has 0 radical (unpaired) electrons. The molecule has 2 nitrogen and oxygen atoms in total. The van der Waals surface area contributed by atoms with Crippen molar-refractivity contribution in [1.82, 2.24) is 0 Å². The van der Waals surface area contributed by atoms with E-state index in [0.717, 1.165) is 23.6 Å². The highest BCUT2D eigenvalue weighted by atomic mass is 16.5. The van der Waals surface area contributed by atoms with Crippen LogP contribution in [0.2, 0.25) is 0 Å². The van der Waals surface area contributed by atoms with E-state index in [9.17, 15) is 0 Å². The molecule has 2 aliphatic rings. The zero-order chi connectivity index (χ0) is 17.3. The molecule has 1 aliphatic heterocycles. The van der Waals surface area contributed by atoms with Crippen molar-refractivity contribution in [2.24, 2.45) is 0 Å². The fraction of sp³-hybridized carbons (Fsp3) is 0.0833. The fourth-order valence-electron chi connectivity index (χ4n) is 3.63. The van der Waals surface area contributed by atoms with Gasteiger partial charge in [-0.1, -0.05) is 66.7 Å². The standard InChI is InChI=1S/C24H19NO/c1-2-6-17(7-3-1)18-10-12-19(13-11-18)25-20-14-15-24-22(16-20)21-8-4-5-9-23(21)26-24/h1-14,16,24-25H,15H2. The molecule has 0 fully saturated rings. The maximum Gasteiger partial charge on any atom is 0.128 e. The van der Waals surface area contributed by atoms with Crippen LogP contribution in [0.5, 0.6) is 5.75 Å². The van der Waals surface area contributed by atoms with E-state index in [0.29, 0.717) is 0 Å². The van der Waals surface area contributed by atoms with Gasteiger partial charge in [-0.2, -0.15) is 0 Å². The average molecular weight is 337 g/mol. The number of hydrogen-bond donors (Lipinski definition) is 1. The molecule has 0 saturated carbocycles. The minimum Gasteiger partial charge on any atom is -0.485 e. The van der Waals surface area contributed by atoms with Crippen LogP contribution in [-0.4, -0.2) is 6.10 Å². The van der Waals surface area contributed by atoms with Gasteiger partial charge in [-0.05, 0) is 35.4 Å². The number of hydrogen-bond acceptors (Lipinski definition) is 2. The molecule has 26 heavy (non-hydrogen) atoms. The van der Waals surface area contributed by atoms with Gasteiger partial charge >= 0.3 is 0 Å². The maximum atomic E-state index is 6.03. The Balaban J connectivity index is 1.37. The molecule has 1 atom stereocenters. The van der Waals surface area contributed by atoms with Gasteiger partial charge in [0.2, 0.25) is 0 Å². The summed E-state index contributed by atoms with van der Waals surface area (Å²) in [6.45, 7) is 0. The van der Waals surface area contributed by atoms with Gasteiger partial charge in [-0.3, -0.25) is 0 Å². The summed E-state index contributed by atoms with van der Waals surface area (Å²) >= 11 is 0. The summed E-state index contributed by atoms with van der Waals surface area (Å²) in [5, 5.41) is 3.53. The lowest BCUT2D eigenvalue weighted by atomic mass is 9.95. The van der Waals surface area contributed by atoms with Gasteiger partial charge in [0, 0.05) is 28.9 Å². The second-order valence-electron chi connectivity index (χ2n) is 6.67. The van der Waals surface area contributed by atoms with Gasteiger partial charge in [0.25, 0.3) is 0 Å². The van der Waals surface area contributed by atoms with E-state index in [1.165, 1.54) is 22.3 Å². The Labute approximate surface area is 153 Å². The molecule has 0 bridgehead atoms. The van der Waals surface area contributed by atoms with E-state index in [4.69, 9.17) is 4.74 Å². The predicted octanol–water partition coefficient (Wildman–Crippen LogP) is 5.90. The molecule has 3 aromatic rings. The van der Waals surface area contributed by atoms with Crippen LogP contribution in [0, 0.1) is 0 Å². The summed E-state index contributed by atoms with van der Waals surface area (Å²) in [6.07, 6.45) is 5.47. The molecular formula is C24H19NO. The molecule has 1 unspecified atom stereocenters. The Morgan fingerprint density at radius 2 is 1.50 bits per heavy atom. The summed E-state index contributed by atoms with van der Waals surface area (Å²) in [4.78, 5) is 0. The molecule has 5 rings (SSSR count). The summed E-state index contributed by atoms with van der Waals surface area (Å²) < 4.78 is 6.03. The van der Waals surface area contributed by atoms with E-state index in [1.807, 2.05) is 18.2 Å². The number of ether oxygens (including phenoxy) is 1. The van der Waals surface area contributed by atoms with E-state index < -0.39 is 0 Å². The fourth-order valence-corrected chi connectivity index (χ4v) is 3.63. The highest BCUT2D eigenvalue weighted by molar-refractivity contribution is 5.81. The molecule has 126 valence electrons. The van der Waals surface area contributed by atoms with Crippen molar-refractivity contribution in [3.63, 3.8) is 0 Å². The Kier molecular flexibility index (Phi) is 3.60. The van der Waals surface area contributed by atoms with E-state index in [2.05, 4.69) is 78.1 Å². The predicted molar refractivity (Wildman–Crippen MR) is 107 cm³/mol. The first-order valence-corrected chi connectivity index (χ1v) is 8.97. The quantitative estimate of drug-likeness (QED) is 0.642. The van der Waals surface area contributed by atoms with Gasteiger partial charge in [-0.15, -0.1) is 0 Å². The normalized spacial score (nSPS) is 17.5. The molecule has 1 heterocycles. The van der Waals surface area contributed by atoms with Gasteiger partial charge in [0.05, 0.1) is 0 Å². The second kappa shape index (κ2) is 6.23. The largest absolute Gasteiger partial charge is 0.485 e. The Bertz CT molecular complexity index is 1000. The third kappa shape index (κ3) is 2.70. The SMILES string of the molecule is C1=C(Nc2ccc(-c3ccccc3)cc2)C=C2c3ccccc3OC2C1. The lowest BCUT2D eigenvalue weighted by molar-refractivity contribution is 0.278. The molecule has 1 aliphatic carbocycles. The van der Waals surface area contributed by atoms with Crippen LogP contribution in [0.25, 0.3) is 16.7 Å². The smallest absolute Gasteiger partial charge is 0.128 e. The van der Waals surface area contributed by atoms with Crippen LogP contribution in [0.4, 0.5) is 5.69 Å². The first kappa shape index (κ1) is 15.0. The van der Waals surface area contributed by atoms with Crippen LogP contribution in [0.3, 0.4) is 0 Å². The molecule has 0 saturated heterocycles. The maximum absolute atomic E-state index is 6.03. The molecule has 0 aromatic heterocycles. The Hall–Kier alpha value is -3.26. The molecule has 0 amide bonds. The van der Waals surface area contributed by atoms with Crippen LogP contribution in [0.1, 0.15) is 12.0 Å². The van der Waals surface area contributed by atoms with Crippen molar-refractivity contribution >= 4 is 11.3 Å². The third-order valence-corrected chi connectivity index (χ3v) is 4.96. The number of para-hydroxylation sites is 1. The molecule has 3 aromatic carbocycles. The number of fused-ring (bicyclic) bond motifs is 3. The number of anilines is 1. The van der Waals surface area contributed by atoms with Gasteiger partial charge < -0.3 is 10.1 Å². The van der Waals surface area contributed by atoms with Crippen LogP contribution in [-0.2, 0) is 0 Å². The average Bonchev–Trinajstić information content (AvgIpc) is 3.07. The molecule has 1 N–H and O–H groups in total. The summed E-state index contributed by atoms with van der Waals surface area (Å²) in [7, 11) is 0. The van der Waals surface area contributed by atoms with Crippen LogP contribution < -0.4 is 10.1 Å². The van der Waals surface area contributed by atoms with Crippen LogP contribution in [0.15, 0.2) is 96.7 Å². The third-order valence-electron chi connectivity index (χ3n) is 4.96. The minimum absolute atomic E-state index is 0.151. The number of allylic oxidation sites excluding steroid dienone is 1. The Morgan fingerprint density at radius 1 is 0.769 bits per heavy atom. The number of rotatable bonds is 3. The lowest BCUT2D eigenvalue weighted by Crippen LogP contribution is -2.15. The first-order chi connectivity index (χ1) is 12.9. The topological polar surface area (TPSA) is 21.3 Å². The van der Waals surface area contributed by atoms with Crippen molar-refractivity contribution in [3.8, 4) is 16.9 Å². The number of nitrogens with one attached hydrogen (secondary N) is 1. The molecule has 0 spiro atoms. The zero-order valence-electron chi connectivity index (χ0n) is 14.4. The van der Waals surface area contributed by atoms with Crippen molar-refractivity contribution < 1.29 is 4.74 Å². The van der Waals surface area contributed by atoms with E-state index in [1.54, 1.807) is 0 Å². The van der Waals surface area contributed by atoms with Gasteiger partial charge in [0.1, 0.15) is 11.9 Å². The molecule has 2 heteroatoms. The second-order valence-corrected chi connectivity index (χ2v) is 6.67. The highest BCUT2D eigenvalue weighted by Crippen LogP contribution is 2.41. The monoisotopic (exact) mass is 337 g/mol. The summed E-state index contributed by atoms with van der Waals surface area (Å²) in [5.41, 5.74) is 7.17. The highest BCUT2D eigenvalue weighted by Gasteiger charge is 2.29. The van der Waals surface area contributed by atoms with E-state index in [-0.39, 0.29) is 6.10 Å². The summed E-state index contributed by atoms with van der Waals surface area (Å²) in [5.74, 6) is 0.991. The van der Waals surface area contributed by atoms with Gasteiger partial charge in [0.15, 0.2) is 0 Å². The minimum atomic E-state index is 0.151. The molecular weight excluding hydrogens is 318 g/mol. The number of benzene rings is 3. The first-order valence-electron chi connectivity index (χ1n) is 8.97.